The third-order valence-corrected chi connectivity index (χ3v) is 3.05. The van der Waals surface area contributed by atoms with Gasteiger partial charge in [0.25, 0.3) is 0 Å². The highest BCUT2D eigenvalue weighted by atomic mass is 35.5. The second kappa shape index (κ2) is 6.73. The average Bonchev–Trinajstić information content (AvgIpc) is 2.38. The summed E-state index contributed by atoms with van der Waals surface area (Å²) < 4.78 is 5.54. The molecule has 1 aromatic carbocycles. The minimum Gasteiger partial charge on any atom is -0.367 e. The number of ether oxygens (including phenoxy) is 1. The molecule has 18 heavy (non-hydrogen) atoms. The molecule has 0 spiro atoms. The fourth-order valence-corrected chi connectivity index (χ4v) is 2.11. The van der Waals surface area contributed by atoms with Gasteiger partial charge in [-0.3, -0.25) is 4.79 Å². The summed E-state index contributed by atoms with van der Waals surface area (Å²) in [7, 11) is 0. The van der Waals surface area contributed by atoms with Crippen LogP contribution in [0.1, 0.15) is 12.8 Å². The molecular formula is C13H17ClN2O2. The molecule has 1 fully saturated rings. The van der Waals surface area contributed by atoms with Gasteiger partial charge in [-0.15, -0.1) is 0 Å². The lowest BCUT2D eigenvalue weighted by molar-refractivity contribution is -0.122. The lowest BCUT2D eigenvalue weighted by Crippen LogP contribution is -2.37. The van der Waals surface area contributed by atoms with E-state index in [1.807, 2.05) is 0 Å². The van der Waals surface area contributed by atoms with E-state index in [4.69, 9.17) is 16.3 Å². The number of anilines is 1. The fourth-order valence-electron chi connectivity index (χ4n) is 1.92. The number of carbonyl (C=O) groups excluding carboxylic acids is 1. The van der Waals surface area contributed by atoms with E-state index in [1.165, 1.54) is 0 Å². The van der Waals surface area contributed by atoms with Crippen LogP contribution in [0, 0.1) is 0 Å². The SMILES string of the molecule is O=C(COC1CCCNC1)Nc1cccc(Cl)c1. The first-order valence-electron chi connectivity index (χ1n) is 6.12. The number of halogens is 1. The normalized spacial score (nSPS) is 19.5. The summed E-state index contributed by atoms with van der Waals surface area (Å²) in [5.74, 6) is -0.150. The smallest absolute Gasteiger partial charge is 0.250 e. The highest BCUT2D eigenvalue weighted by Crippen LogP contribution is 2.14. The van der Waals surface area contributed by atoms with Crippen LogP contribution >= 0.6 is 11.6 Å². The van der Waals surface area contributed by atoms with E-state index >= 15 is 0 Å². The monoisotopic (exact) mass is 268 g/mol. The van der Waals surface area contributed by atoms with Crippen LogP contribution in [0.5, 0.6) is 0 Å². The maximum Gasteiger partial charge on any atom is 0.250 e. The van der Waals surface area contributed by atoms with Crippen molar-refractivity contribution in [3.05, 3.63) is 29.3 Å². The van der Waals surface area contributed by atoms with Crippen molar-refractivity contribution in [2.24, 2.45) is 0 Å². The van der Waals surface area contributed by atoms with E-state index in [0.29, 0.717) is 10.7 Å². The largest absolute Gasteiger partial charge is 0.367 e. The van der Waals surface area contributed by atoms with Gasteiger partial charge in [-0.1, -0.05) is 17.7 Å². The molecule has 2 rings (SSSR count). The molecule has 5 heteroatoms. The Morgan fingerprint density at radius 2 is 2.44 bits per heavy atom. The number of piperidine rings is 1. The summed E-state index contributed by atoms with van der Waals surface area (Å²) in [6.07, 6.45) is 2.25. The summed E-state index contributed by atoms with van der Waals surface area (Å²) in [5.41, 5.74) is 0.692. The van der Waals surface area contributed by atoms with Crippen LogP contribution in [0.3, 0.4) is 0 Å². The van der Waals surface area contributed by atoms with Crippen LogP contribution in [-0.2, 0) is 9.53 Å². The van der Waals surface area contributed by atoms with Crippen LogP contribution in [0.4, 0.5) is 5.69 Å². The molecule has 1 unspecified atom stereocenters. The van der Waals surface area contributed by atoms with Crippen LogP contribution in [-0.4, -0.2) is 31.7 Å². The van der Waals surface area contributed by atoms with Gasteiger partial charge >= 0.3 is 0 Å². The molecule has 0 aliphatic carbocycles. The Morgan fingerprint density at radius 1 is 1.56 bits per heavy atom. The van der Waals surface area contributed by atoms with E-state index in [2.05, 4.69) is 10.6 Å². The van der Waals surface area contributed by atoms with Gasteiger partial charge in [-0.2, -0.15) is 0 Å². The zero-order chi connectivity index (χ0) is 12.8. The van der Waals surface area contributed by atoms with Gasteiger partial charge in [0.15, 0.2) is 0 Å². The molecular weight excluding hydrogens is 252 g/mol. The van der Waals surface area contributed by atoms with Crippen molar-refractivity contribution in [2.45, 2.75) is 18.9 Å². The van der Waals surface area contributed by atoms with Gasteiger partial charge in [0.1, 0.15) is 6.61 Å². The Morgan fingerprint density at radius 3 is 3.17 bits per heavy atom. The first-order valence-corrected chi connectivity index (χ1v) is 6.49. The van der Waals surface area contributed by atoms with Crippen molar-refractivity contribution in [1.29, 1.82) is 0 Å². The summed E-state index contributed by atoms with van der Waals surface area (Å²) in [4.78, 5) is 11.7. The molecule has 1 atom stereocenters. The first kappa shape index (κ1) is 13.3. The lowest BCUT2D eigenvalue weighted by atomic mass is 10.1. The van der Waals surface area contributed by atoms with Gasteiger partial charge < -0.3 is 15.4 Å². The molecule has 4 nitrogen and oxygen atoms in total. The number of hydrogen-bond donors (Lipinski definition) is 2. The Balaban J connectivity index is 1.74. The standard InChI is InChI=1S/C13H17ClN2O2/c14-10-3-1-4-11(7-10)16-13(17)9-18-12-5-2-6-15-8-12/h1,3-4,7,12,15H,2,5-6,8-9H2,(H,16,17). The number of nitrogens with one attached hydrogen (secondary N) is 2. The molecule has 1 heterocycles. The van der Waals surface area contributed by atoms with Crippen molar-refractivity contribution in [3.63, 3.8) is 0 Å². The summed E-state index contributed by atoms with van der Waals surface area (Å²) in [6.45, 7) is 1.94. The van der Waals surface area contributed by atoms with E-state index in [1.54, 1.807) is 24.3 Å². The molecule has 1 amide bonds. The van der Waals surface area contributed by atoms with Gasteiger partial charge in [-0.05, 0) is 37.6 Å². The molecule has 0 aromatic heterocycles. The highest BCUT2D eigenvalue weighted by Gasteiger charge is 2.14. The molecule has 1 aromatic rings. The summed E-state index contributed by atoms with van der Waals surface area (Å²) in [6, 6.07) is 7.07. The maximum atomic E-state index is 11.7. The highest BCUT2D eigenvalue weighted by molar-refractivity contribution is 6.30. The molecule has 1 aliphatic rings. The van der Waals surface area contributed by atoms with E-state index in [0.717, 1.165) is 25.9 Å². The van der Waals surface area contributed by atoms with Gasteiger partial charge in [-0.25, -0.2) is 0 Å². The van der Waals surface area contributed by atoms with Crippen molar-refractivity contribution >= 4 is 23.2 Å². The second-order valence-corrected chi connectivity index (χ2v) is 4.77. The maximum absolute atomic E-state index is 11.7. The molecule has 0 saturated carbocycles. The van der Waals surface area contributed by atoms with Crippen LogP contribution in [0.2, 0.25) is 5.02 Å². The van der Waals surface area contributed by atoms with Crippen LogP contribution < -0.4 is 10.6 Å². The number of amides is 1. The Bertz CT molecular complexity index is 406. The minimum atomic E-state index is -0.150. The number of rotatable bonds is 4. The third kappa shape index (κ3) is 4.29. The zero-order valence-electron chi connectivity index (χ0n) is 10.1. The summed E-state index contributed by atoms with van der Waals surface area (Å²) in [5, 5.41) is 6.60. The summed E-state index contributed by atoms with van der Waals surface area (Å²) >= 11 is 5.84. The number of benzene rings is 1. The number of carbonyl (C=O) groups is 1. The zero-order valence-corrected chi connectivity index (χ0v) is 10.9. The average molecular weight is 269 g/mol. The molecule has 98 valence electrons. The van der Waals surface area contributed by atoms with E-state index in [-0.39, 0.29) is 18.6 Å². The topological polar surface area (TPSA) is 50.4 Å². The molecule has 0 radical (unpaired) electrons. The van der Waals surface area contributed by atoms with Crippen molar-refractivity contribution < 1.29 is 9.53 Å². The molecule has 0 bridgehead atoms. The predicted octanol–water partition coefficient (Wildman–Crippen LogP) is 2.05. The molecule has 2 N–H and O–H groups in total. The minimum absolute atomic E-state index is 0.0822. The van der Waals surface area contributed by atoms with Crippen molar-refractivity contribution in [3.8, 4) is 0 Å². The van der Waals surface area contributed by atoms with Gasteiger partial charge in [0, 0.05) is 17.3 Å². The lowest BCUT2D eigenvalue weighted by Gasteiger charge is -2.22. The number of hydrogen-bond acceptors (Lipinski definition) is 3. The fraction of sp³-hybridized carbons (Fsp3) is 0.462. The van der Waals surface area contributed by atoms with Crippen LogP contribution in [0.25, 0.3) is 0 Å². The van der Waals surface area contributed by atoms with Crippen LogP contribution in [0.15, 0.2) is 24.3 Å². The predicted molar refractivity (Wildman–Crippen MR) is 71.9 cm³/mol. The Labute approximate surface area is 112 Å². The Kier molecular flexibility index (Phi) is 4.99. The molecule has 1 saturated heterocycles. The van der Waals surface area contributed by atoms with Crippen molar-refractivity contribution in [1.82, 2.24) is 5.32 Å². The van der Waals surface area contributed by atoms with E-state index < -0.39 is 0 Å². The quantitative estimate of drug-likeness (QED) is 0.879. The first-order chi connectivity index (χ1) is 8.74. The van der Waals surface area contributed by atoms with Gasteiger partial charge in [0.2, 0.25) is 5.91 Å². The van der Waals surface area contributed by atoms with E-state index in [9.17, 15) is 4.79 Å². The molecule has 1 aliphatic heterocycles. The van der Waals surface area contributed by atoms with Crippen molar-refractivity contribution in [2.75, 3.05) is 25.0 Å². The third-order valence-electron chi connectivity index (χ3n) is 2.81. The Hall–Kier alpha value is -1.10. The second-order valence-electron chi connectivity index (χ2n) is 4.34. The van der Waals surface area contributed by atoms with Gasteiger partial charge in [0.05, 0.1) is 6.10 Å².